The Bertz CT molecular complexity index is 1130. The van der Waals surface area contributed by atoms with Crippen molar-refractivity contribution < 1.29 is 19.1 Å². The number of methoxy groups -OCH3 is 2. The summed E-state index contributed by atoms with van der Waals surface area (Å²) in [5.74, 6) is 1.41. The quantitative estimate of drug-likeness (QED) is 0.726. The van der Waals surface area contributed by atoms with Crippen LogP contribution in [0.2, 0.25) is 0 Å². The topological polar surface area (TPSA) is 102 Å². The average molecular weight is 453 g/mol. The Morgan fingerprint density at radius 2 is 1.70 bits per heavy atom. The first-order chi connectivity index (χ1) is 15.9. The van der Waals surface area contributed by atoms with Crippen LogP contribution in [0.3, 0.4) is 0 Å². The highest BCUT2D eigenvalue weighted by Gasteiger charge is 2.37. The van der Waals surface area contributed by atoms with Crippen LogP contribution in [-0.4, -0.2) is 48.7 Å². The summed E-state index contributed by atoms with van der Waals surface area (Å²) in [5.41, 5.74) is 1.70. The number of hydrogen-bond acceptors (Lipinski definition) is 5. The van der Waals surface area contributed by atoms with Crippen molar-refractivity contribution in [3.05, 3.63) is 46.4 Å². The van der Waals surface area contributed by atoms with Gasteiger partial charge in [0.25, 0.3) is 5.56 Å². The van der Waals surface area contributed by atoms with Crippen LogP contribution in [0, 0.1) is 11.8 Å². The van der Waals surface area contributed by atoms with E-state index in [2.05, 4.69) is 10.6 Å². The molecule has 9 heteroatoms. The predicted molar refractivity (Wildman–Crippen MR) is 123 cm³/mol. The summed E-state index contributed by atoms with van der Waals surface area (Å²) in [6.07, 6.45) is 2.72. The molecule has 1 saturated heterocycles. The number of nitrogens with zero attached hydrogens (tertiary/aromatic N) is 2. The number of aromatic nitrogens is 1. The van der Waals surface area contributed by atoms with E-state index in [1.807, 2.05) is 11.0 Å². The maximum atomic E-state index is 13.0. The van der Waals surface area contributed by atoms with Crippen LogP contribution in [0.4, 0.5) is 16.2 Å². The number of rotatable bonds is 5. The van der Waals surface area contributed by atoms with Crippen molar-refractivity contribution in [2.45, 2.75) is 31.7 Å². The zero-order valence-corrected chi connectivity index (χ0v) is 18.8. The second-order valence-corrected chi connectivity index (χ2v) is 9.09. The number of likely N-dealkylation sites (tertiary alicyclic amines) is 1. The number of amides is 3. The van der Waals surface area contributed by atoms with E-state index in [-0.39, 0.29) is 35.3 Å². The smallest absolute Gasteiger partial charge is 0.321 e. The van der Waals surface area contributed by atoms with E-state index in [9.17, 15) is 14.4 Å². The highest BCUT2D eigenvalue weighted by Crippen LogP contribution is 2.36. The van der Waals surface area contributed by atoms with Crippen LogP contribution in [0.5, 0.6) is 11.5 Å². The molecule has 1 saturated carbocycles. The molecule has 9 nitrogen and oxygen atoms in total. The SMILES string of the molecule is COc1cc(NC(=O)N2C[C@H]3C[C@H](C2)c2ccc(NC(=O)C4CC4)c(=O)n2C3)cc(OC)c1. The van der Waals surface area contributed by atoms with E-state index in [1.165, 1.54) is 0 Å². The molecule has 2 bridgehead atoms. The number of hydrogen-bond donors (Lipinski definition) is 2. The summed E-state index contributed by atoms with van der Waals surface area (Å²) >= 11 is 0. The largest absolute Gasteiger partial charge is 0.497 e. The summed E-state index contributed by atoms with van der Waals surface area (Å²) in [4.78, 5) is 40.0. The highest BCUT2D eigenvalue weighted by molar-refractivity contribution is 5.94. The first-order valence-electron chi connectivity index (χ1n) is 11.3. The van der Waals surface area contributed by atoms with E-state index in [0.29, 0.717) is 42.5 Å². The van der Waals surface area contributed by atoms with E-state index in [1.54, 1.807) is 43.1 Å². The molecule has 2 aliphatic heterocycles. The molecule has 1 aromatic carbocycles. The number of nitrogens with one attached hydrogen (secondary N) is 2. The number of carbonyl (C=O) groups is 2. The molecule has 2 fully saturated rings. The zero-order chi connectivity index (χ0) is 23.1. The van der Waals surface area contributed by atoms with Gasteiger partial charge in [0, 0.05) is 61.1 Å². The molecule has 3 amide bonds. The fourth-order valence-corrected chi connectivity index (χ4v) is 4.87. The Balaban J connectivity index is 1.32. The summed E-state index contributed by atoms with van der Waals surface area (Å²) < 4.78 is 12.3. The van der Waals surface area contributed by atoms with Gasteiger partial charge in [0.1, 0.15) is 17.2 Å². The maximum absolute atomic E-state index is 13.0. The Morgan fingerprint density at radius 3 is 2.36 bits per heavy atom. The first kappa shape index (κ1) is 21.4. The molecule has 0 spiro atoms. The van der Waals surface area contributed by atoms with Gasteiger partial charge in [0.2, 0.25) is 5.91 Å². The minimum absolute atomic E-state index is 0.0430. The van der Waals surface area contributed by atoms with Gasteiger partial charge in [-0.25, -0.2) is 4.79 Å². The number of urea groups is 1. The number of carbonyl (C=O) groups excluding carboxylic acids is 2. The van der Waals surface area contributed by atoms with Gasteiger partial charge >= 0.3 is 6.03 Å². The number of pyridine rings is 1. The molecule has 2 aromatic rings. The normalized spacial score (nSPS) is 21.1. The lowest BCUT2D eigenvalue weighted by Crippen LogP contribution is -2.50. The number of anilines is 2. The first-order valence-corrected chi connectivity index (χ1v) is 11.3. The lowest BCUT2D eigenvalue weighted by Gasteiger charge is -2.42. The fraction of sp³-hybridized carbons (Fsp3) is 0.458. The van der Waals surface area contributed by atoms with Gasteiger partial charge in [-0.2, -0.15) is 0 Å². The van der Waals surface area contributed by atoms with Crippen molar-refractivity contribution in [1.29, 1.82) is 0 Å². The summed E-state index contributed by atoms with van der Waals surface area (Å²) in [5, 5.41) is 5.74. The maximum Gasteiger partial charge on any atom is 0.321 e. The Morgan fingerprint density at radius 1 is 0.970 bits per heavy atom. The van der Waals surface area contributed by atoms with Crippen molar-refractivity contribution in [1.82, 2.24) is 9.47 Å². The Kier molecular flexibility index (Phi) is 5.47. The molecular weight excluding hydrogens is 424 g/mol. The van der Waals surface area contributed by atoms with Crippen LogP contribution < -0.4 is 25.7 Å². The fourth-order valence-electron chi connectivity index (χ4n) is 4.87. The van der Waals surface area contributed by atoms with Crippen LogP contribution in [0.1, 0.15) is 30.9 Å². The van der Waals surface area contributed by atoms with Crippen molar-refractivity contribution in [2.75, 3.05) is 37.9 Å². The minimum Gasteiger partial charge on any atom is -0.497 e. The Hall–Kier alpha value is -3.49. The van der Waals surface area contributed by atoms with Gasteiger partial charge in [-0.1, -0.05) is 0 Å². The van der Waals surface area contributed by atoms with Crippen molar-refractivity contribution in [3.8, 4) is 11.5 Å². The highest BCUT2D eigenvalue weighted by atomic mass is 16.5. The molecule has 3 heterocycles. The minimum atomic E-state index is -0.191. The molecule has 174 valence electrons. The van der Waals surface area contributed by atoms with Crippen LogP contribution in [-0.2, 0) is 11.3 Å². The molecule has 1 aliphatic carbocycles. The second kappa shape index (κ2) is 8.46. The van der Waals surface area contributed by atoms with Gasteiger partial charge in [-0.05, 0) is 37.3 Å². The molecule has 2 atom stereocenters. The van der Waals surface area contributed by atoms with Gasteiger partial charge < -0.3 is 29.6 Å². The third-order valence-corrected chi connectivity index (χ3v) is 6.70. The van der Waals surface area contributed by atoms with E-state index in [4.69, 9.17) is 9.47 Å². The van der Waals surface area contributed by atoms with Gasteiger partial charge in [-0.15, -0.1) is 0 Å². The van der Waals surface area contributed by atoms with Gasteiger partial charge in [-0.3, -0.25) is 9.59 Å². The second-order valence-electron chi connectivity index (χ2n) is 9.09. The zero-order valence-electron chi connectivity index (χ0n) is 18.8. The standard InChI is InChI=1S/C24H28N4O5/c1-32-18-8-17(9-19(10-18)33-2)25-24(31)27-11-14-7-16(13-27)21-6-5-20(23(30)28(21)12-14)26-22(29)15-3-4-15/h5-6,8-10,14-16H,3-4,7,11-13H2,1-2H3,(H,25,31)(H,26,29)/t14-,16-/m1/s1. The molecule has 0 unspecified atom stereocenters. The summed E-state index contributed by atoms with van der Waals surface area (Å²) in [7, 11) is 3.13. The van der Waals surface area contributed by atoms with E-state index >= 15 is 0 Å². The van der Waals surface area contributed by atoms with E-state index < -0.39 is 0 Å². The predicted octanol–water partition coefficient (Wildman–Crippen LogP) is 2.87. The Labute approximate surface area is 191 Å². The lowest BCUT2D eigenvalue weighted by molar-refractivity contribution is -0.117. The van der Waals surface area contributed by atoms with Crippen molar-refractivity contribution in [3.63, 3.8) is 0 Å². The number of fused-ring (bicyclic) bond motifs is 4. The van der Waals surface area contributed by atoms with Gasteiger partial charge in [0.15, 0.2) is 0 Å². The third kappa shape index (κ3) is 4.27. The molecule has 1 aromatic heterocycles. The summed E-state index contributed by atoms with van der Waals surface area (Å²) in [6, 6.07) is 8.67. The van der Waals surface area contributed by atoms with Crippen LogP contribution >= 0.6 is 0 Å². The molecule has 5 rings (SSSR count). The molecule has 0 radical (unpaired) electrons. The molecule has 33 heavy (non-hydrogen) atoms. The molecule has 3 aliphatic rings. The van der Waals surface area contributed by atoms with Crippen LogP contribution in [0.15, 0.2) is 35.1 Å². The molecular formula is C24H28N4O5. The van der Waals surface area contributed by atoms with E-state index in [0.717, 1.165) is 25.0 Å². The van der Waals surface area contributed by atoms with Gasteiger partial charge in [0.05, 0.1) is 14.2 Å². The van der Waals surface area contributed by atoms with Crippen molar-refractivity contribution in [2.24, 2.45) is 11.8 Å². The summed E-state index contributed by atoms with van der Waals surface area (Å²) in [6.45, 7) is 1.62. The average Bonchev–Trinajstić information content (AvgIpc) is 3.66. The monoisotopic (exact) mass is 452 g/mol. The number of benzene rings is 1. The third-order valence-electron chi connectivity index (χ3n) is 6.70. The number of ether oxygens (including phenoxy) is 2. The van der Waals surface area contributed by atoms with Crippen molar-refractivity contribution >= 4 is 23.3 Å². The number of piperidine rings is 1. The van der Waals surface area contributed by atoms with Crippen LogP contribution in [0.25, 0.3) is 0 Å². The lowest BCUT2D eigenvalue weighted by atomic mass is 9.83. The molecule has 2 N–H and O–H groups in total.